The third-order valence-corrected chi connectivity index (χ3v) is 10.6. The number of rotatable bonds is 46. The van der Waals surface area contributed by atoms with Gasteiger partial charge in [-0.2, -0.15) is 0 Å². The van der Waals surface area contributed by atoms with E-state index >= 15 is 0 Å². The Morgan fingerprint density at radius 2 is 0.724 bits per heavy atom. The summed E-state index contributed by atoms with van der Waals surface area (Å²) in [5.74, 6) is 0.157. The molecule has 0 aliphatic carbocycles. The van der Waals surface area contributed by atoms with Crippen LogP contribution in [0, 0.1) is 0 Å². The SMILES string of the molecule is CCCCCCCC/C=C\CCCCCCCC(=O)NCCN(CCNC(=O)CCCCCCC/C=C\CCCCCCCC)CCNC(=O)CCOCCOCC. The number of hydrogen-bond donors (Lipinski definition) is 3. The zero-order chi connectivity index (χ0) is 42.3. The van der Waals surface area contributed by atoms with Crippen molar-refractivity contribution in [2.75, 3.05) is 65.7 Å². The lowest BCUT2D eigenvalue weighted by Crippen LogP contribution is -2.43. The molecule has 0 rings (SSSR count). The molecule has 0 bridgehead atoms. The fourth-order valence-corrected chi connectivity index (χ4v) is 6.90. The largest absolute Gasteiger partial charge is 0.379 e. The predicted molar refractivity (Wildman–Crippen MR) is 246 cm³/mol. The van der Waals surface area contributed by atoms with Crippen LogP contribution in [0.2, 0.25) is 0 Å². The Bertz CT molecular complexity index is 901. The van der Waals surface area contributed by atoms with Crippen molar-refractivity contribution >= 4 is 17.7 Å². The van der Waals surface area contributed by atoms with E-state index in [1.165, 1.54) is 141 Å². The molecule has 3 amide bonds. The molecule has 9 heteroatoms. The van der Waals surface area contributed by atoms with Crippen LogP contribution >= 0.6 is 0 Å². The van der Waals surface area contributed by atoms with Gasteiger partial charge < -0.3 is 25.4 Å². The van der Waals surface area contributed by atoms with Crippen molar-refractivity contribution < 1.29 is 23.9 Å². The minimum absolute atomic E-state index is 0.0436. The third-order valence-electron chi connectivity index (χ3n) is 10.6. The first-order valence-electron chi connectivity index (χ1n) is 24.5. The molecule has 0 heterocycles. The zero-order valence-electron chi connectivity index (χ0n) is 38.4. The summed E-state index contributed by atoms with van der Waals surface area (Å²) in [5, 5.41) is 9.16. The van der Waals surface area contributed by atoms with Gasteiger partial charge in [0.25, 0.3) is 0 Å². The molecule has 0 aliphatic heterocycles. The van der Waals surface area contributed by atoms with Crippen LogP contribution in [0.25, 0.3) is 0 Å². The second-order valence-corrected chi connectivity index (χ2v) is 16.1. The number of unbranched alkanes of at least 4 members (excludes halogenated alkanes) is 22. The number of ether oxygens (including phenoxy) is 2. The first kappa shape index (κ1) is 55.8. The Hall–Kier alpha value is -2.23. The highest BCUT2D eigenvalue weighted by Gasteiger charge is 2.10. The fraction of sp³-hybridized carbons (Fsp3) is 0.857. The van der Waals surface area contributed by atoms with Crippen LogP contribution in [0.15, 0.2) is 24.3 Å². The number of nitrogens with zero attached hydrogens (tertiary/aromatic N) is 1. The highest BCUT2D eigenvalue weighted by atomic mass is 16.5. The minimum Gasteiger partial charge on any atom is -0.379 e. The van der Waals surface area contributed by atoms with Gasteiger partial charge in [-0.1, -0.05) is 141 Å². The molecule has 0 atom stereocenters. The van der Waals surface area contributed by atoms with Crippen molar-refractivity contribution in [3.63, 3.8) is 0 Å². The Balaban J connectivity index is 4.23. The van der Waals surface area contributed by atoms with E-state index in [9.17, 15) is 14.4 Å². The van der Waals surface area contributed by atoms with Crippen LogP contribution in [-0.2, 0) is 23.9 Å². The molecule has 340 valence electrons. The van der Waals surface area contributed by atoms with E-state index < -0.39 is 0 Å². The topological polar surface area (TPSA) is 109 Å². The number of allylic oxidation sites excluding steroid dienone is 4. The number of carbonyl (C=O) groups excluding carboxylic acids is 3. The molecule has 0 radical (unpaired) electrons. The fourth-order valence-electron chi connectivity index (χ4n) is 6.90. The number of hydrogen-bond acceptors (Lipinski definition) is 6. The molecule has 0 fully saturated rings. The second kappa shape index (κ2) is 47.4. The molecule has 0 aromatic rings. The standard InChI is InChI=1S/C49H94N4O5/c1-4-7-9-11-13-15-17-19-21-23-25-27-29-31-33-35-47(54)50-38-41-53(43-40-52-49(56)37-44-58-46-45-57-6-3)42-39-51-48(55)36-34-32-30-28-26-24-22-20-18-16-14-12-10-8-5-2/h19-22H,4-18,23-46H2,1-3H3,(H,50,54)(H,51,55)(H,52,56)/b21-19-,22-20-. The van der Waals surface area contributed by atoms with Gasteiger partial charge in [-0.25, -0.2) is 0 Å². The van der Waals surface area contributed by atoms with E-state index in [0.717, 1.165) is 25.7 Å². The molecular formula is C49H94N4O5. The van der Waals surface area contributed by atoms with Crippen molar-refractivity contribution in [3.8, 4) is 0 Å². The van der Waals surface area contributed by atoms with Gasteiger partial charge in [0, 0.05) is 65.1 Å². The van der Waals surface area contributed by atoms with Gasteiger partial charge in [0.1, 0.15) is 0 Å². The smallest absolute Gasteiger partial charge is 0.222 e. The van der Waals surface area contributed by atoms with Gasteiger partial charge in [0.15, 0.2) is 0 Å². The first-order valence-corrected chi connectivity index (χ1v) is 24.5. The van der Waals surface area contributed by atoms with Gasteiger partial charge in [-0.15, -0.1) is 0 Å². The highest BCUT2D eigenvalue weighted by molar-refractivity contribution is 5.76. The lowest BCUT2D eigenvalue weighted by atomic mass is 10.1. The minimum atomic E-state index is -0.0436. The third kappa shape index (κ3) is 44.9. The van der Waals surface area contributed by atoms with Gasteiger partial charge in [-0.05, 0) is 71.1 Å². The normalized spacial score (nSPS) is 11.7. The summed E-state index contributed by atoms with van der Waals surface area (Å²) < 4.78 is 10.7. The summed E-state index contributed by atoms with van der Waals surface area (Å²) >= 11 is 0. The van der Waals surface area contributed by atoms with E-state index in [1.807, 2.05) is 6.92 Å². The average Bonchev–Trinajstić information content (AvgIpc) is 3.21. The molecule has 0 aromatic heterocycles. The van der Waals surface area contributed by atoms with Crippen LogP contribution in [0.3, 0.4) is 0 Å². The molecule has 0 spiro atoms. The number of amides is 3. The monoisotopic (exact) mass is 819 g/mol. The van der Waals surface area contributed by atoms with Crippen molar-refractivity contribution in [2.45, 2.75) is 207 Å². The van der Waals surface area contributed by atoms with Crippen LogP contribution in [0.1, 0.15) is 207 Å². The number of carbonyl (C=O) groups is 3. The summed E-state index contributed by atoms with van der Waals surface area (Å²) in [5.41, 5.74) is 0. The Morgan fingerprint density at radius 3 is 1.10 bits per heavy atom. The van der Waals surface area contributed by atoms with E-state index in [1.54, 1.807) is 0 Å². The maximum Gasteiger partial charge on any atom is 0.222 e. The molecular weight excluding hydrogens is 725 g/mol. The maximum absolute atomic E-state index is 12.6. The van der Waals surface area contributed by atoms with Crippen molar-refractivity contribution in [3.05, 3.63) is 24.3 Å². The molecule has 0 unspecified atom stereocenters. The summed E-state index contributed by atoms with van der Waals surface area (Å²) in [6, 6.07) is 0. The molecule has 3 N–H and O–H groups in total. The van der Waals surface area contributed by atoms with Gasteiger partial charge in [0.2, 0.25) is 17.7 Å². The van der Waals surface area contributed by atoms with E-state index in [-0.39, 0.29) is 17.7 Å². The van der Waals surface area contributed by atoms with Crippen molar-refractivity contribution in [1.82, 2.24) is 20.9 Å². The molecule has 0 saturated carbocycles. The van der Waals surface area contributed by atoms with Gasteiger partial charge >= 0.3 is 0 Å². The molecule has 0 saturated heterocycles. The van der Waals surface area contributed by atoms with E-state index in [0.29, 0.717) is 85.0 Å². The summed E-state index contributed by atoms with van der Waals surface area (Å²) in [6.45, 7) is 12.1. The Morgan fingerprint density at radius 1 is 0.397 bits per heavy atom. The molecule has 0 aromatic carbocycles. The van der Waals surface area contributed by atoms with Crippen LogP contribution in [0.5, 0.6) is 0 Å². The lowest BCUT2D eigenvalue weighted by molar-refractivity contribution is -0.122. The second-order valence-electron chi connectivity index (χ2n) is 16.1. The molecule has 58 heavy (non-hydrogen) atoms. The van der Waals surface area contributed by atoms with Gasteiger partial charge in [0.05, 0.1) is 19.8 Å². The van der Waals surface area contributed by atoms with E-state index in [4.69, 9.17) is 9.47 Å². The summed E-state index contributed by atoms with van der Waals surface area (Å²) in [7, 11) is 0. The predicted octanol–water partition coefficient (Wildman–Crippen LogP) is 11.2. The van der Waals surface area contributed by atoms with E-state index in [2.05, 4.69) is 59.0 Å². The Labute approximate surface area is 358 Å². The lowest BCUT2D eigenvalue weighted by Gasteiger charge is -2.23. The van der Waals surface area contributed by atoms with Crippen LogP contribution < -0.4 is 16.0 Å². The maximum atomic E-state index is 12.6. The van der Waals surface area contributed by atoms with Crippen LogP contribution in [0.4, 0.5) is 0 Å². The number of nitrogens with one attached hydrogen (secondary N) is 3. The molecule has 9 nitrogen and oxygen atoms in total. The Kier molecular flexibility index (Phi) is 45.6. The summed E-state index contributed by atoms with van der Waals surface area (Å²) in [4.78, 5) is 39.6. The quantitative estimate of drug-likeness (QED) is 0.0417. The van der Waals surface area contributed by atoms with Crippen LogP contribution in [-0.4, -0.2) is 88.3 Å². The van der Waals surface area contributed by atoms with Gasteiger partial charge in [-0.3, -0.25) is 19.3 Å². The van der Waals surface area contributed by atoms with Crippen molar-refractivity contribution in [1.29, 1.82) is 0 Å². The summed E-state index contributed by atoms with van der Waals surface area (Å²) in [6.07, 6.45) is 43.2. The van der Waals surface area contributed by atoms with Crippen molar-refractivity contribution in [2.24, 2.45) is 0 Å². The highest BCUT2D eigenvalue weighted by Crippen LogP contribution is 2.12. The molecule has 0 aliphatic rings. The zero-order valence-corrected chi connectivity index (χ0v) is 38.4. The first-order chi connectivity index (χ1) is 28.5. The average molecular weight is 819 g/mol.